The third-order valence-corrected chi connectivity index (χ3v) is 3.13. The van der Waals surface area contributed by atoms with E-state index in [1.165, 1.54) is 0 Å². The molecular formula is C12H13BN2O3. The number of rotatable bonds is 2. The summed E-state index contributed by atoms with van der Waals surface area (Å²) >= 11 is 0. The average molecular weight is 244 g/mol. The molecule has 2 aromatic heterocycles. The minimum Gasteiger partial charge on any atom is -0.423 e. The zero-order valence-electron chi connectivity index (χ0n) is 9.73. The van der Waals surface area contributed by atoms with Gasteiger partial charge in [0.15, 0.2) is 0 Å². The van der Waals surface area contributed by atoms with Crippen LogP contribution in [0.3, 0.4) is 0 Å². The van der Waals surface area contributed by atoms with Crippen LogP contribution in [-0.2, 0) is 4.74 Å². The minimum atomic E-state index is -1.40. The van der Waals surface area contributed by atoms with E-state index in [-0.39, 0.29) is 6.10 Å². The van der Waals surface area contributed by atoms with Crippen LogP contribution in [0.25, 0.3) is 5.65 Å². The molecule has 5 nitrogen and oxygen atoms in total. The summed E-state index contributed by atoms with van der Waals surface area (Å²) in [6.45, 7) is 0.496. The summed E-state index contributed by atoms with van der Waals surface area (Å²) in [4.78, 5) is 4.17. The molecule has 1 atom stereocenters. The van der Waals surface area contributed by atoms with Crippen molar-refractivity contribution in [3.05, 3.63) is 47.8 Å². The monoisotopic (exact) mass is 244 g/mol. The van der Waals surface area contributed by atoms with Crippen LogP contribution >= 0.6 is 0 Å². The van der Waals surface area contributed by atoms with Gasteiger partial charge in [-0.2, -0.15) is 0 Å². The van der Waals surface area contributed by atoms with E-state index >= 15 is 0 Å². The smallest absolute Gasteiger partial charge is 0.423 e. The quantitative estimate of drug-likeness (QED) is 0.764. The van der Waals surface area contributed by atoms with Gasteiger partial charge in [0, 0.05) is 24.2 Å². The van der Waals surface area contributed by atoms with Crippen molar-refractivity contribution in [2.24, 2.45) is 0 Å². The fourth-order valence-electron chi connectivity index (χ4n) is 2.14. The number of aromatic nitrogens is 2. The van der Waals surface area contributed by atoms with Gasteiger partial charge in [-0.25, -0.2) is 4.98 Å². The Kier molecular flexibility index (Phi) is 2.91. The van der Waals surface area contributed by atoms with E-state index in [0.717, 1.165) is 11.2 Å². The molecule has 0 saturated carbocycles. The van der Waals surface area contributed by atoms with Gasteiger partial charge in [-0.3, -0.25) is 0 Å². The van der Waals surface area contributed by atoms with Crippen molar-refractivity contribution >= 4 is 12.8 Å². The van der Waals surface area contributed by atoms with E-state index in [1.807, 2.05) is 28.9 Å². The highest BCUT2D eigenvalue weighted by Crippen LogP contribution is 2.26. The summed E-state index contributed by atoms with van der Waals surface area (Å²) in [7, 11) is -1.40. The van der Waals surface area contributed by atoms with E-state index < -0.39 is 7.12 Å². The molecule has 18 heavy (non-hydrogen) atoms. The topological polar surface area (TPSA) is 67.0 Å². The normalized spacial score (nSPS) is 19.9. The molecule has 0 radical (unpaired) electrons. The van der Waals surface area contributed by atoms with Gasteiger partial charge < -0.3 is 19.2 Å². The standard InChI is InChI=1S/C12H13BN2O3/c16-13(17)10-3-6-18-11(7-10)9-1-2-12-14-4-5-15(12)8-9/h1-2,4-5,7-8,11,16-17H,3,6H2. The number of pyridine rings is 1. The predicted octanol–water partition coefficient (Wildman–Crippen LogP) is 0.734. The SMILES string of the molecule is OB(O)C1=CC(c2ccc3nccn3c2)OCC1. The summed E-state index contributed by atoms with van der Waals surface area (Å²) < 4.78 is 7.55. The molecule has 0 saturated heterocycles. The zero-order chi connectivity index (χ0) is 12.5. The van der Waals surface area contributed by atoms with Crippen molar-refractivity contribution in [3.63, 3.8) is 0 Å². The molecule has 92 valence electrons. The number of imidazole rings is 1. The zero-order valence-corrected chi connectivity index (χ0v) is 9.73. The molecule has 0 bridgehead atoms. The first-order valence-corrected chi connectivity index (χ1v) is 5.85. The van der Waals surface area contributed by atoms with Gasteiger partial charge >= 0.3 is 7.12 Å². The predicted molar refractivity (Wildman–Crippen MR) is 66.8 cm³/mol. The molecule has 1 aliphatic heterocycles. The first-order chi connectivity index (χ1) is 8.74. The second kappa shape index (κ2) is 4.57. The summed E-state index contributed by atoms with van der Waals surface area (Å²) in [5, 5.41) is 18.4. The first-order valence-electron chi connectivity index (χ1n) is 5.85. The van der Waals surface area contributed by atoms with Gasteiger partial charge in [-0.05, 0) is 18.0 Å². The van der Waals surface area contributed by atoms with Crippen LogP contribution in [0.15, 0.2) is 42.3 Å². The van der Waals surface area contributed by atoms with Crippen LogP contribution in [0.2, 0.25) is 0 Å². The second-order valence-corrected chi connectivity index (χ2v) is 4.31. The van der Waals surface area contributed by atoms with Crippen molar-refractivity contribution < 1.29 is 14.8 Å². The Labute approximate surface area is 104 Å². The molecule has 6 heteroatoms. The summed E-state index contributed by atoms with van der Waals surface area (Å²) in [5.41, 5.74) is 2.45. The van der Waals surface area contributed by atoms with E-state index in [1.54, 1.807) is 12.3 Å². The Hall–Kier alpha value is -1.63. The van der Waals surface area contributed by atoms with Crippen LogP contribution in [0.4, 0.5) is 0 Å². The van der Waals surface area contributed by atoms with Gasteiger partial charge in [0.05, 0.1) is 6.61 Å². The van der Waals surface area contributed by atoms with Crippen LogP contribution in [0.5, 0.6) is 0 Å². The van der Waals surface area contributed by atoms with Crippen molar-refractivity contribution in [2.45, 2.75) is 12.5 Å². The Morgan fingerprint density at radius 2 is 2.28 bits per heavy atom. The first kappa shape index (κ1) is 11.5. The van der Waals surface area contributed by atoms with Crippen LogP contribution in [0.1, 0.15) is 18.1 Å². The highest BCUT2D eigenvalue weighted by atomic mass is 16.5. The van der Waals surface area contributed by atoms with Crippen molar-refractivity contribution in [1.82, 2.24) is 9.38 Å². The third kappa shape index (κ3) is 2.05. The third-order valence-electron chi connectivity index (χ3n) is 3.13. The Morgan fingerprint density at radius 3 is 3.11 bits per heavy atom. The fraction of sp³-hybridized carbons (Fsp3) is 0.250. The highest BCUT2D eigenvalue weighted by molar-refractivity contribution is 6.50. The number of ether oxygens (including phenoxy) is 1. The average Bonchev–Trinajstić information content (AvgIpc) is 2.86. The molecule has 3 heterocycles. The number of hydrogen-bond acceptors (Lipinski definition) is 4. The molecule has 2 N–H and O–H groups in total. The maximum absolute atomic E-state index is 9.20. The number of hydrogen-bond donors (Lipinski definition) is 2. The maximum Gasteiger partial charge on any atom is 0.484 e. The maximum atomic E-state index is 9.20. The molecule has 0 aromatic carbocycles. The van der Waals surface area contributed by atoms with Gasteiger partial charge in [-0.1, -0.05) is 12.1 Å². The summed E-state index contributed by atoms with van der Waals surface area (Å²) in [6, 6.07) is 3.85. The Bertz CT molecular complexity index is 594. The van der Waals surface area contributed by atoms with E-state index in [0.29, 0.717) is 18.5 Å². The van der Waals surface area contributed by atoms with Crippen molar-refractivity contribution in [1.29, 1.82) is 0 Å². The van der Waals surface area contributed by atoms with Gasteiger partial charge in [0.2, 0.25) is 0 Å². The fourth-order valence-corrected chi connectivity index (χ4v) is 2.14. The summed E-state index contributed by atoms with van der Waals surface area (Å²) in [6.07, 6.45) is 7.64. The molecule has 1 aliphatic rings. The molecule has 0 fully saturated rings. The molecule has 0 amide bonds. The van der Waals surface area contributed by atoms with Crippen molar-refractivity contribution in [2.75, 3.05) is 6.61 Å². The Balaban J connectivity index is 1.95. The summed E-state index contributed by atoms with van der Waals surface area (Å²) in [5.74, 6) is 0. The molecule has 1 unspecified atom stereocenters. The van der Waals surface area contributed by atoms with E-state index in [2.05, 4.69) is 4.98 Å². The molecule has 2 aromatic rings. The van der Waals surface area contributed by atoms with Gasteiger partial charge in [-0.15, -0.1) is 0 Å². The highest BCUT2D eigenvalue weighted by Gasteiger charge is 2.22. The number of nitrogens with zero attached hydrogens (tertiary/aromatic N) is 2. The molecule has 0 spiro atoms. The molecule has 0 aliphatic carbocycles. The lowest BCUT2D eigenvalue weighted by Crippen LogP contribution is -2.22. The Morgan fingerprint density at radius 1 is 1.39 bits per heavy atom. The lowest BCUT2D eigenvalue weighted by atomic mass is 9.75. The van der Waals surface area contributed by atoms with E-state index in [9.17, 15) is 10.0 Å². The lowest BCUT2D eigenvalue weighted by molar-refractivity contribution is 0.0772. The van der Waals surface area contributed by atoms with Gasteiger partial charge in [0.25, 0.3) is 0 Å². The lowest BCUT2D eigenvalue weighted by Gasteiger charge is -2.22. The van der Waals surface area contributed by atoms with Crippen LogP contribution < -0.4 is 0 Å². The molecule has 3 rings (SSSR count). The van der Waals surface area contributed by atoms with Gasteiger partial charge in [0.1, 0.15) is 11.8 Å². The largest absolute Gasteiger partial charge is 0.484 e. The minimum absolute atomic E-state index is 0.234. The van der Waals surface area contributed by atoms with Crippen molar-refractivity contribution in [3.8, 4) is 0 Å². The second-order valence-electron chi connectivity index (χ2n) is 4.31. The van der Waals surface area contributed by atoms with Crippen LogP contribution in [0, 0.1) is 0 Å². The van der Waals surface area contributed by atoms with Crippen LogP contribution in [-0.4, -0.2) is 33.2 Å². The molecular weight excluding hydrogens is 231 g/mol. The number of fused-ring (bicyclic) bond motifs is 1. The van der Waals surface area contributed by atoms with E-state index in [4.69, 9.17) is 4.74 Å².